The third-order valence-electron chi connectivity index (χ3n) is 3.36. The lowest BCUT2D eigenvalue weighted by Crippen LogP contribution is -2.26. The molecule has 0 aliphatic rings. The minimum atomic E-state index is -0.467. The third-order valence-corrected chi connectivity index (χ3v) is 3.36. The van der Waals surface area contributed by atoms with Gasteiger partial charge in [0.2, 0.25) is 0 Å². The van der Waals surface area contributed by atoms with E-state index in [1.54, 1.807) is 14.0 Å². The Bertz CT molecular complexity index is 627. The number of carbonyl (C=O) groups is 1. The highest BCUT2D eigenvalue weighted by atomic mass is 19.1. The SMILES string of the molecule is Cc1ccc(N(C)C(=O)c2cc(N)c(C)c(F)c2)cc1. The number of nitrogens with two attached hydrogens (primary N) is 1. The Kier molecular flexibility index (Phi) is 3.74. The van der Waals surface area contributed by atoms with Crippen molar-refractivity contribution < 1.29 is 9.18 Å². The molecule has 0 saturated carbocycles. The summed E-state index contributed by atoms with van der Waals surface area (Å²) in [5.41, 5.74) is 8.46. The van der Waals surface area contributed by atoms with E-state index in [4.69, 9.17) is 5.73 Å². The molecule has 0 saturated heterocycles. The summed E-state index contributed by atoms with van der Waals surface area (Å²) in [6, 6.07) is 10.3. The number of hydrogen-bond acceptors (Lipinski definition) is 2. The van der Waals surface area contributed by atoms with Gasteiger partial charge in [-0.15, -0.1) is 0 Å². The third kappa shape index (κ3) is 2.64. The molecule has 3 nitrogen and oxygen atoms in total. The molecule has 0 bridgehead atoms. The van der Waals surface area contributed by atoms with Gasteiger partial charge >= 0.3 is 0 Å². The Hall–Kier alpha value is -2.36. The minimum absolute atomic E-state index is 0.244. The van der Waals surface area contributed by atoms with Crippen LogP contribution in [0.1, 0.15) is 21.5 Å². The van der Waals surface area contributed by atoms with E-state index in [0.717, 1.165) is 11.3 Å². The Morgan fingerprint density at radius 3 is 2.30 bits per heavy atom. The Labute approximate surface area is 117 Å². The van der Waals surface area contributed by atoms with Crippen LogP contribution in [0.4, 0.5) is 15.8 Å². The van der Waals surface area contributed by atoms with Gasteiger partial charge in [-0.25, -0.2) is 4.39 Å². The summed E-state index contributed by atoms with van der Waals surface area (Å²) in [6.07, 6.45) is 0. The number of benzene rings is 2. The second-order valence-electron chi connectivity index (χ2n) is 4.87. The molecule has 104 valence electrons. The van der Waals surface area contributed by atoms with Gasteiger partial charge in [0.1, 0.15) is 5.82 Å². The van der Waals surface area contributed by atoms with Gasteiger partial charge in [0, 0.05) is 29.5 Å². The monoisotopic (exact) mass is 272 g/mol. The Balaban J connectivity index is 2.33. The molecule has 0 aromatic heterocycles. The van der Waals surface area contributed by atoms with Crippen LogP contribution in [-0.4, -0.2) is 13.0 Å². The van der Waals surface area contributed by atoms with Crippen LogP contribution < -0.4 is 10.6 Å². The number of halogens is 1. The highest BCUT2D eigenvalue weighted by Gasteiger charge is 2.16. The molecule has 0 aliphatic carbocycles. The van der Waals surface area contributed by atoms with Crippen LogP contribution >= 0.6 is 0 Å². The van der Waals surface area contributed by atoms with E-state index >= 15 is 0 Å². The van der Waals surface area contributed by atoms with E-state index in [1.165, 1.54) is 17.0 Å². The van der Waals surface area contributed by atoms with Gasteiger partial charge < -0.3 is 10.6 Å². The molecular weight excluding hydrogens is 255 g/mol. The van der Waals surface area contributed by atoms with Crippen molar-refractivity contribution in [2.75, 3.05) is 17.7 Å². The van der Waals surface area contributed by atoms with Gasteiger partial charge in [-0.1, -0.05) is 17.7 Å². The Morgan fingerprint density at radius 1 is 1.15 bits per heavy atom. The standard InChI is InChI=1S/C16H17FN2O/c1-10-4-6-13(7-5-10)19(3)16(20)12-8-14(17)11(2)15(18)9-12/h4-9H,18H2,1-3H3. The number of aryl methyl sites for hydroxylation is 1. The van der Waals surface area contributed by atoms with Crippen molar-refractivity contribution in [1.82, 2.24) is 0 Å². The van der Waals surface area contributed by atoms with Gasteiger partial charge in [0.15, 0.2) is 0 Å². The lowest BCUT2D eigenvalue weighted by Gasteiger charge is -2.18. The van der Waals surface area contributed by atoms with E-state index < -0.39 is 5.82 Å². The van der Waals surface area contributed by atoms with Gasteiger partial charge in [-0.3, -0.25) is 4.79 Å². The van der Waals surface area contributed by atoms with E-state index in [2.05, 4.69) is 0 Å². The van der Waals surface area contributed by atoms with Gasteiger partial charge in [0.05, 0.1) is 0 Å². The molecule has 1 amide bonds. The maximum Gasteiger partial charge on any atom is 0.258 e. The summed E-state index contributed by atoms with van der Waals surface area (Å²) in [5, 5.41) is 0. The molecule has 0 fully saturated rings. The number of carbonyl (C=O) groups excluding carboxylic acids is 1. The van der Waals surface area contributed by atoms with E-state index in [1.807, 2.05) is 31.2 Å². The van der Waals surface area contributed by atoms with Crippen LogP contribution in [0.2, 0.25) is 0 Å². The zero-order chi connectivity index (χ0) is 14.9. The van der Waals surface area contributed by atoms with E-state index in [9.17, 15) is 9.18 Å². The fourth-order valence-electron chi connectivity index (χ4n) is 1.90. The second-order valence-corrected chi connectivity index (χ2v) is 4.87. The van der Waals surface area contributed by atoms with E-state index in [-0.39, 0.29) is 17.2 Å². The highest BCUT2D eigenvalue weighted by Crippen LogP contribution is 2.21. The van der Waals surface area contributed by atoms with Crippen LogP contribution in [0.3, 0.4) is 0 Å². The molecule has 0 aliphatic heterocycles. The van der Waals surface area contributed by atoms with Crippen LogP contribution in [-0.2, 0) is 0 Å². The maximum absolute atomic E-state index is 13.7. The molecule has 2 rings (SSSR count). The van der Waals surface area contributed by atoms with Crippen LogP contribution in [0.15, 0.2) is 36.4 Å². The number of rotatable bonds is 2. The molecule has 20 heavy (non-hydrogen) atoms. The lowest BCUT2D eigenvalue weighted by molar-refractivity contribution is 0.0992. The summed E-state index contributed by atoms with van der Waals surface area (Å²) in [7, 11) is 1.65. The van der Waals surface area contributed by atoms with Crippen molar-refractivity contribution in [1.29, 1.82) is 0 Å². The molecule has 4 heteroatoms. The minimum Gasteiger partial charge on any atom is -0.398 e. The largest absolute Gasteiger partial charge is 0.398 e. The summed E-state index contributed by atoms with van der Waals surface area (Å²) in [4.78, 5) is 13.8. The molecule has 0 radical (unpaired) electrons. The average molecular weight is 272 g/mol. The quantitative estimate of drug-likeness (QED) is 0.853. The first-order valence-corrected chi connectivity index (χ1v) is 6.30. The summed E-state index contributed by atoms with van der Waals surface area (Å²) in [5.74, 6) is -0.759. The van der Waals surface area contributed by atoms with Gasteiger partial charge in [0.25, 0.3) is 5.91 Å². The number of anilines is 2. The van der Waals surface area contributed by atoms with E-state index in [0.29, 0.717) is 5.56 Å². The Morgan fingerprint density at radius 2 is 1.75 bits per heavy atom. The highest BCUT2D eigenvalue weighted by molar-refractivity contribution is 6.06. The normalized spacial score (nSPS) is 10.4. The number of nitrogens with zero attached hydrogens (tertiary/aromatic N) is 1. The first-order valence-electron chi connectivity index (χ1n) is 6.30. The second kappa shape index (κ2) is 5.33. The molecule has 2 N–H and O–H groups in total. The molecule has 0 heterocycles. The van der Waals surface area contributed by atoms with Crippen molar-refractivity contribution >= 4 is 17.3 Å². The first-order chi connectivity index (χ1) is 9.40. The first kappa shape index (κ1) is 14.1. The molecule has 0 spiro atoms. The summed E-state index contributed by atoms with van der Waals surface area (Å²) in [6.45, 7) is 3.56. The topological polar surface area (TPSA) is 46.3 Å². The predicted octanol–water partition coefficient (Wildman–Crippen LogP) is 3.30. The molecule has 2 aromatic carbocycles. The fraction of sp³-hybridized carbons (Fsp3) is 0.188. The van der Waals surface area contributed by atoms with Gasteiger partial charge in [-0.05, 0) is 38.1 Å². The van der Waals surface area contributed by atoms with Crippen molar-refractivity contribution in [2.24, 2.45) is 0 Å². The van der Waals surface area contributed by atoms with Crippen molar-refractivity contribution in [3.05, 3.63) is 58.9 Å². The number of nitrogen functional groups attached to an aromatic ring is 1. The molecular formula is C16H17FN2O. The van der Waals surface area contributed by atoms with Crippen molar-refractivity contribution in [2.45, 2.75) is 13.8 Å². The number of hydrogen-bond donors (Lipinski definition) is 1. The van der Waals surface area contributed by atoms with Crippen LogP contribution in [0.5, 0.6) is 0 Å². The van der Waals surface area contributed by atoms with Crippen molar-refractivity contribution in [3.8, 4) is 0 Å². The summed E-state index contributed by atoms with van der Waals surface area (Å²) < 4.78 is 13.7. The molecule has 2 aromatic rings. The average Bonchev–Trinajstić information content (AvgIpc) is 2.43. The lowest BCUT2D eigenvalue weighted by atomic mass is 10.1. The smallest absolute Gasteiger partial charge is 0.258 e. The molecule has 0 unspecified atom stereocenters. The summed E-state index contributed by atoms with van der Waals surface area (Å²) >= 11 is 0. The number of amides is 1. The fourth-order valence-corrected chi connectivity index (χ4v) is 1.90. The van der Waals surface area contributed by atoms with Crippen LogP contribution in [0, 0.1) is 19.7 Å². The van der Waals surface area contributed by atoms with Crippen LogP contribution in [0.25, 0.3) is 0 Å². The van der Waals surface area contributed by atoms with Gasteiger partial charge in [-0.2, -0.15) is 0 Å². The zero-order valence-electron chi connectivity index (χ0n) is 11.8. The predicted molar refractivity (Wildman–Crippen MR) is 79.5 cm³/mol. The zero-order valence-corrected chi connectivity index (χ0v) is 11.8. The van der Waals surface area contributed by atoms with Crippen molar-refractivity contribution in [3.63, 3.8) is 0 Å². The molecule has 0 atom stereocenters. The maximum atomic E-state index is 13.7.